The second kappa shape index (κ2) is 8.57. The predicted octanol–water partition coefficient (Wildman–Crippen LogP) is -0.999. The first-order valence-corrected chi connectivity index (χ1v) is 11.7. The van der Waals surface area contributed by atoms with E-state index in [2.05, 4.69) is 11.0 Å². The molecule has 10 nitrogen and oxygen atoms in total. The Morgan fingerprint density at radius 1 is 1.32 bits per heavy atom. The molecule has 1 saturated heterocycles. The van der Waals surface area contributed by atoms with Gasteiger partial charge in [-0.05, 0) is 25.9 Å². The van der Waals surface area contributed by atoms with Crippen LogP contribution in [0.5, 0.6) is 0 Å². The zero-order chi connectivity index (χ0) is 21.2. The van der Waals surface area contributed by atoms with E-state index >= 15 is 0 Å². The quantitative estimate of drug-likeness (QED) is 0.291. The van der Waals surface area contributed by atoms with E-state index in [0.717, 1.165) is 17.7 Å². The summed E-state index contributed by atoms with van der Waals surface area (Å²) >= 11 is 0. The minimum atomic E-state index is -1.43. The first-order chi connectivity index (χ1) is 12.9. The van der Waals surface area contributed by atoms with Crippen LogP contribution in [-0.2, 0) is 14.3 Å². The van der Waals surface area contributed by atoms with Crippen LogP contribution in [-0.4, -0.2) is 82.2 Å². The molecule has 2 heterocycles. The van der Waals surface area contributed by atoms with Gasteiger partial charge >= 0.3 is 11.7 Å². The highest BCUT2D eigenvalue weighted by Gasteiger charge is 2.44. The monoisotopic (exact) mass is 416 g/mol. The Morgan fingerprint density at radius 3 is 2.54 bits per heavy atom. The second-order valence-corrected chi connectivity index (χ2v) is 11.7. The van der Waals surface area contributed by atoms with Crippen LogP contribution in [0.15, 0.2) is 15.8 Å². The number of carbonyl (C=O) groups excluding carboxylic acids is 2. The van der Waals surface area contributed by atoms with Crippen LogP contribution < -0.4 is 11.2 Å². The van der Waals surface area contributed by atoms with Gasteiger partial charge in [0.05, 0.1) is 6.10 Å². The molecule has 1 aromatic rings. The molecule has 11 heteroatoms. The largest absolute Gasteiger partial charge is 0.457 e. The molecule has 2 rings (SSSR count). The van der Waals surface area contributed by atoms with Crippen LogP contribution >= 0.6 is 6.89 Å². The first-order valence-electron chi connectivity index (χ1n) is 8.61. The number of rotatable bonds is 7. The van der Waals surface area contributed by atoms with Crippen molar-refractivity contribution in [3.05, 3.63) is 32.6 Å². The van der Waals surface area contributed by atoms with Crippen LogP contribution in [0.1, 0.15) is 29.9 Å². The maximum Gasteiger partial charge on any atom is 0.330 e. The first kappa shape index (κ1) is 22.3. The Hall–Kier alpha value is -2.00. The van der Waals surface area contributed by atoms with Gasteiger partial charge in [-0.25, -0.2) is 4.79 Å². The summed E-state index contributed by atoms with van der Waals surface area (Å²) in [5.74, 6) is -1.52. The summed E-state index contributed by atoms with van der Waals surface area (Å²) in [4.78, 5) is 49.0. The molecule has 0 saturated carbocycles. The molecule has 1 aliphatic rings. The van der Waals surface area contributed by atoms with Crippen molar-refractivity contribution in [1.82, 2.24) is 9.55 Å². The van der Waals surface area contributed by atoms with Gasteiger partial charge in [-0.1, -0.05) is 0 Å². The maximum atomic E-state index is 12.2. The molecule has 0 aliphatic carbocycles. The molecule has 0 unspecified atom stereocenters. The number of esters is 1. The highest BCUT2D eigenvalue weighted by atomic mass is 31.2. The molecule has 0 aromatic carbocycles. The summed E-state index contributed by atoms with van der Waals surface area (Å²) in [7, 11) is 0. The topological polar surface area (TPSA) is 148 Å². The number of aromatic amines is 1. The molecule has 156 valence electrons. The van der Waals surface area contributed by atoms with Gasteiger partial charge in [-0.15, -0.1) is 13.2 Å². The highest BCUT2D eigenvalue weighted by molar-refractivity contribution is 7.72. The van der Waals surface area contributed by atoms with E-state index in [9.17, 15) is 29.4 Å². The molecule has 0 radical (unpaired) electrons. The standard InChI is InChI=1S/C17H25N2O8P/c1-9(20)26-8-11(21)10-7-19(17(25)18-15(10)24)16-14(23)13(22)12(27-16)5-6-28(2,3)4/h7,12-14,16,22-23H,2,5-6,8H2,1,3-4H3,(H,18,24,25)/t12-,13-,14-,16-/m1/s1. The minimum absolute atomic E-state index is 0.431. The SMILES string of the molecule is C=P(C)(C)CC[C@H]1O[C@@H](n2cc(C(=O)COC(C)=O)c(=O)[nH]c2=O)[C@H](O)[C@@H]1O. The highest BCUT2D eigenvalue weighted by Crippen LogP contribution is 2.39. The molecule has 1 fully saturated rings. The lowest BCUT2D eigenvalue weighted by atomic mass is 10.1. The van der Waals surface area contributed by atoms with Crippen molar-refractivity contribution in [2.45, 2.75) is 37.9 Å². The fraction of sp³-hybridized carbons (Fsp3) is 0.588. The fourth-order valence-electron chi connectivity index (χ4n) is 2.79. The van der Waals surface area contributed by atoms with Gasteiger partial charge in [0.25, 0.3) is 5.56 Å². The fourth-order valence-corrected chi connectivity index (χ4v) is 3.75. The number of hydrogen-bond acceptors (Lipinski definition) is 8. The number of carbonyl (C=O) groups is 2. The molecule has 0 spiro atoms. The van der Waals surface area contributed by atoms with Gasteiger partial charge in [0.15, 0.2) is 12.8 Å². The third-order valence-corrected chi connectivity index (χ3v) is 5.77. The van der Waals surface area contributed by atoms with Gasteiger partial charge in [0, 0.05) is 13.1 Å². The summed E-state index contributed by atoms with van der Waals surface area (Å²) in [6.45, 7) is 3.10. The number of ketones is 1. The molecule has 0 amide bonds. The number of ether oxygens (including phenoxy) is 2. The average molecular weight is 416 g/mol. The third-order valence-electron chi connectivity index (χ3n) is 4.31. The lowest BCUT2D eigenvalue weighted by Crippen LogP contribution is -2.39. The molecule has 3 N–H and O–H groups in total. The summed E-state index contributed by atoms with van der Waals surface area (Å²) in [5.41, 5.74) is -2.29. The Kier molecular flexibility index (Phi) is 6.82. The van der Waals surface area contributed by atoms with Crippen LogP contribution in [0.4, 0.5) is 0 Å². The van der Waals surface area contributed by atoms with Crippen molar-refractivity contribution in [2.75, 3.05) is 26.1 Å². The van der Waals surface area contributed by atoms with E-state index in [4.69, 9.17) is 4.74 Å². The smallest absolute Gasteiger partial charge is 0.330 e. The number of nitrogens with zero attached hydrogens (tertiary/aromatic N) is 1. The minimum Gasteiger partial charge on any atom is -0.457 e. The van der Waals surface area contributed by atoms with Crippen LogP contribution in [0.3, 0.4) is 0 Å². The summed E-state index contributed by atoms with van der Waals surface area (Å²) in [5, 5.41) is 20.6. The van der Waals surface area contributed by atoms with Crippen LogP contribution in [0.2, 0.25) is 0 Å². The van der Waals surface area contributed by atoms with Crippen LogP contribution in [0.25, 0.3) is 0 Å². The zero-order valence-corrected chi connectivity index (χ0v) is 16.8. The average Bonchev–Trinajstić information content (AvgIpc) is 2.85. The molecule has 4 atom stereocenters. The number of aromatic nitrogens is 2. The Bertz CT molecular complexity index is 914. The molecule has 0 bridgehead atoms. The Labute approximate surface area is 161 Å². The number of nitrogens with one attached hydrogen (secondary N) is 1. The van der Waals surface area contributed by atoms with Crippen molar-refractivity contribution in [3.8, 4) is 0 Å². The van der Waals surface area contributed by atoms with E-state index in [0.29, 0.717) is 12.6 Å². The number of Topliss-reactive ketones (excluding diaryl/α,β-unsaturated/α-hetero) is 1. The summed E-state index contributed by atoms with van der Waals surface area (Å²) in [6, 6.07) is 0. The van der Waals surface area contributed by atoms with Crippen molar-refractivity contribution in [1.29, 1.82) is 0 Å². The van der Waals surface area contributed by atoms with E-state index < -0.39 is 66.6 Å². The van der Waals surface area contributed by atoms with Crippen molar-refractivity contribution >= 4 is 24.9 Å². The number of aliphatic hydroxyl groups excluding tert-OH is 2. The van der Waals surface area contributed by atoms with Gasteiger partial charge in [0.1, 0.15) is 17.8 Å². The van der Waals surface area contributed by atoms with Crippen LogP contribution in [0, 0.1) is 0 Å². The van der Waals surface area contributed by atoms with Gasteiger partial charge in [-0.2, -0.15) is 0 Å². The molecular formula is C17H25N2O8P. The van der Waals surface area contributed by atoms with Crippen molar-refractivity contribution in [2.24, 2.45) is 0 Å². The number of hydrogen-bond donors (Lipinski definition) is 3. The van der Waals surface area contributed by atoms with Gasteiger partial charge < -0.3 is 19.7 Å². The third kappa shape index (κ3) is 5.29. The molecular weight excluding hydrogens is 391 g/mol. The van der Waals surface area contributed by atoms with Gasteiger partial charge in [-0.3, -0.25) is 23.9 Å². The zero-order valence-electron chi connectivity index (χ0n) is 16.0. The van der Waals surface area contributed by atoms with Crippen molar-refractivity contribution in [3.63, 3.8) is 0 Å². The van der Waals surface area contributed by atoms with E-state index in [1.165, 1.54) is 0 Å². The lowest BCUT2D eigenvalue weighted by molar-refractivity contribution is -0.139. The van der Waals surface area contributed by atoms with E-state index in [-0.39, 0.29) is 0 Å². The van der Waals surface area contributed by atoms with Gasteiger partial charge in [0.2, 0.25) is 5.78 Å². The summed E-state index contributed by atoms with van der Waals surface area (Å²) in [6.07, 6.45) is 1.49. The summed E-state index contributed by atoms with van der Waals surface area (Å²) < 4.78 is 11.1. The lowest BCUT2D eigenvalue weighted by Gasteiger charge is -2.19. The van der Waals surface area contributed by atoms with E-state index in [1.54, 1.807) is 0 Å². The normalized spacial score (nSPS) is 24.9. The second-order valence-electron chi connectivity index (χ2n) is 7.41. The van der Waals surface area contributed by atoms with E-state index in [1.807, 2.05) is 18.3 Å². The van der Waals surface area contributed by atoms with Crippen molar-refractivity contribution < 1.29 is 29.3 Å². The Balaban J connectivity index is 2.29. The number of aliphatic hydroxyl groups is 2. The maximum absolute atomic E-state index is 12.2. The number of H-pyrrole nitrogens is 1. The molecule has 1 aromatic heterocycles. The Morgan fingerprint density at radius 2 is 1.96 bits per heavy atom. The molecule has 28 heavy (non-hydrogen) atoms. The predicted molar refractivity (Wildman–Crippen MR) is 104 cm³/mol. The molecule has 1 aliphatic heterocycles.